The van der Waals surface area contributed by atoms with Gasteiger partial charge in [0.2, 0.25) is 0 Å². The van der Waals surface area contributed by atoms with Gasteiger partial charge in [-0.2, -0.15) is 0 Å². The van der Waals surface area contributed by atoms with E-state index in [1.165, 1.54) is 29.8 Å². The Morgan fingerprint density at radius 1 is 1.19 bits per heavy atom. The van der Waals surface area contributed by atoms with Crippen LogP contribution in [-0.4, -0.2) is 50.3 Å². The molecule has 0 radical (unpaired) electrons. The van der Waals surface area contributed by atoms with E-state index >= 15 is 0 Å². The van der Waals surface area contributed by atoms with Gasteiger partial charge in [-0.05, 0) is 61.9 Å². The maximum Gasteiger partial charge on any atom is 0.407 e. The Labute approximate surface area is 157 Å². The summed E-state index contributed by atoms with van der Waals surface area (Å²) >= 11 is 0. The second kappa shape index (κ2) is 9.26. The number of hydrogen-bond donors (Lipinski definition) is 1. The van der Waals surface area contributed by atoms with Crippen molar-refractivity contribution in [2.24, 2.45) is 0 Å². The Bertz CT molecular complexity index is 597. The third-order valence-corrected chi connectivity index (χ3v) is 5.45. The second-order valence-electron chi connectivity index (χ2n) is 7.44. The van der Waals surface area contributed by atoms with Crippen molar-refractivity contribution in [2.45, 2.75) is 52.0 Å². The molecule has 1 unspecified atom stereocenters. The average molecular weight is 360 g/mol. The van der Waals surface area contributed by atoms with Gasteiger partial charge < -0.3 is 15.0 Å². The lowest BCUT2D eigenvalue weighted by Crippen LogP contribution is -2.46. The highest BCUT2D eigenvalue weighted by Crippen LogP contribution is 2.33. The van der Waals surface area contributed by atoms with Crippen LogP contribution in [0.15, 0.2) is 18.2 Å². The maximum absolute atomic E-state index is 12.0. The number of ether oxygens (including phenoxy) is 1. The zero-order valence-electron chi connectivity index (χ0n) is 16.3. The van der Waals surface area contributed by atoms with Crippen molar-refractivity contribution in [3.05, 3.63) is 29.3 Å². The molecule has 0 saturated carbocycles. The zero-order chi connectivity index (χ0) is 18.4. The minimum atomic E-state index is -0.289. The molecule has 5 nitrogen and oxygen atoms in total. The summed E-state index contributed by atoms with van der Waals surface area (Å²) in [6, 6.07) is 6.89. The lowest BCUT2D eigenvalue weighted by atomic mass is 9.87. The average Bonchev–Trinajstić information content (AvgIpc) is 2.67. The molecule has 1 aromatic carbocycles. The first-order chi connectivity index (χ1) is 12.7. The first-order valence-electron chi connectivity index (χ1n) is 10.2. The van der Waals surface area contributed by atoms with Crippen molar-refractivity contribution in [1.29, 1.82) is 0 Å². The van der Waals surface area contributed by atoms with Crippen LogP contribution < -0.4 is 10.2 Å². The molecule has 1 atom stereocenters. The highest BCUT2D eigenvalue weighted by atomic mass is 16.5. The van der Waals surface area contributed by atoms with Crippen LogP contribution in [0.1, 0.15) is 56.7 Å². The summed E-state index contributed by atoms with van der Waals surface area (Å²) in [7, 11) is 0. The Balaban J connectivity index is 1.67. The van der Waals surface area contributed by atoms with Gasteiger partial charge in [-0.15, -0.1) is 0 Å². The van der Waals surface area contributed by atoms with E-state index in [0.717, 1.165) is 51.9 Å². The smallest absolute Gasteiger partial charge is 0.407 e. The number of benzene rings is 1. The molecule has 3 rings (SSSR count). The fourth-order valence-electron chi connectivity index (χ4n) is 4.06. The lowest BCUT2D eigenvalue weighted by Gasteiger charge is -2.37. The standard InChI is InChI=1S/C21H33N3O2/c1-3-10-23-11-13-24(14-12-23)18-9-8-17-6-5-7-20(19(17)16-18)22-21(25)26-15-4-2/h8-9,16,20H,3-7,10-15H2,1-2H3,(H,22,25). The minimum Gasteiger partial charge on any atom is -0.450 e. The number of carbonyl (C=O) groups excluding carboxylic acids is 1. The van der Waals surface area contributed by atoms with Crippen molar-refractivity contribution in [3.8, 4) is 0 Å². The van der Waals surface area contributed by atoms with Crippen molar-refractivity contribution < 1.29 is 9.53 Å². The summed E-state index contributed by atoms with van der Waals surface area (Å²) in [5.74, 6) is 0. The number of aryl methyl sites for hydroxylation is 1. The molecule has 144 valence electrons. The van der Waals surface area contributed by atoms with Gasteiger partial charge in [0, 0.05) is 31.9 Å². The Kier molecular flexibility index (Phi) is 6.78. The molecular weight excluding hydrogens is 326 g/mol. The summed E-state index contributed by atoms with van der Waals surface area (Å²) in [4.78, 5) is 17.0. The minimum absolute atomic E-state index is 0.0736. The molecule has 1 aliphatic heterocycles. The number of fused-ring (bicyclic) bond motifs is 1. The molecule has 1 saturated heterocycles. The molecule has 1 fully saturated rings. The first-order valence-corrected chi connectivity index (χ1v) is 10.2. The van der Waals surface area contributed by atoms with Gasteiger partial charge in [0.25, 0.3) is 0 Å². The largest absolute Gasteiger partial charge is 0.450 e. The molecule has 5 heteroatoms. The number of alkyl carbamates (subject to hydrolysis) is 1. The van der Waals surface area contributed by atoms with Gasteiger partial charge in [-0.25, -0.2) is 4.79 Å². The number of piperazine rings is 1. The molecule has 1 amide bonds. The highest BCUT2D eigenvalue weighted by molar-refractivity contribution is 5.68. The Morgan fingerprint density at radius 3 is 2.73 bits per heavy atom. The molecule has 0 aromatic heterocycles. The van der Waals surface area contributed by atoms with Crippen LogP contribution in [-0.2, 0) is 11.2 Å². The van der Waals surface area contributed by atoms with E-state index in [9.17, 15) is 4.79 Å². The van der Waals surface area contributed by atoms with Crippen molar-refractivity contribution in [2.75, 3.05) is 44.2 Å². The van der Waals surface area contributed by atoms with Gasteiger partial charge in [0.05, 0.1) is 12.6 Å². The first kappa shape index (κ1) is 19.0. The number of nitrogens with zero attached hydrogens (tertiary/aromatic N) is 2. The molecule has 1 aromatic rings. The van der Waals surface area contributed by atoms with Crippen LogP contribution in [0.4, 0.5) is 10.5 Å². The van der Waals surface area contributed by atoms with E-state index in [4.69, 9.17) is 4.74 Å². The number of nitrogens with one attached hydrogen (secondary N) is 1. The molecule has 1 heterocycles. The third-order valence-electron chi connectivity index (χ3n) is 5.45. The third kappa shape index (κ3) is 4.70. The second-order valence-corrected chi connectivity index (χ2v) is 7.44. The molecule has 1 N–H and O–H groups in total. The van der Waals surface area contributed by atoms with Gasteiger partial charge in [-0.1, -0.05) is 19.9 Å². The predicted molar refractivity (Wildman–Crippen MR) is 106 cm³/mol. The fourth-order valence-corrected chi connectivity index (χ4v) is 4.06. The van der Waals surface area contributed by atoms with Gasteiger partial charge in [-0.3, -0.25) is 4.90 Å². The van der Waals surface area contributed by atoms with Gasteiger partial charge >= 0.3 is 6.09 Å². The molecule has 0 spiro atoms. The number of hydrogen-bond acceptors (Lipinski definition) is 4. The van der Waals surface area contributed by atoms with Gasteiger partial charge in [0.15, 0.2) is 0 Å². The van der Waals surface area contributed by atoms with E-state index in [1.54, 1.807) is 0 Å². The molecule has 26 heavy (non-hydrogen) atoms. The number of rotatable bonds is 6. The normalized spacial score (nSPS) is 20.5. The molecular formula is C21H33N3O2. The van der Waals surface area contributed by atoms with E-state index in [2.05, 4.69) is 40.2 Å². The van der Waals surface area contributed by atoms with Crippen LogP contribution in [0.3, 0.4) is 0 Å². The number of anilines is 1. The quantitative estimate of drug-likeness (QED) is 0.840. The van der Waals surface area contributed by atoms with Gasteiger partial charge in [0.1, 0.15) is 0 Å². The van der Waals surface area contributed by atoms with Crippen LogP contribution in [0.2, 0.25) is 0 Å². The highest BCUT2D eigenvalue weighted by Gasteiger charge is 2.24. The summed E-state index contributed by atoms with van der Waals surface area (Å²) in [5.41, 5.74) is 3.93. The van der Waals surface area contributed by atoms with Crippen LogP contribution in [0, 0.1) is 0 Å². The maximum atomic E-state index is 12.0. The topological polar surface area (TPSA) is 44.8 Å². The summed E-state index contributed by atoms with van der Waals surface area (Å²) in [5, 5.41) is 3.08. The van der Waals surface area contributed by atoms with E-state index in [0.29, 0.717) is 6.61 Å². The molecule has 2 aliphatic rings. The summed E-state index contributed by atoms with van der Waals surface area (Å²) < 4.78 is 5.22. The lowest BCUT2D eigenvalue weighted by molar-refractivity contribution is 0.141. The van der Waals surface area contributed by atoms with E-state index in [1.807, 2.05) is 6.92 Å². The number of carbonyl (C=O) groups is 1. The fraction of sp³-hybridized carbons (Fsp3) is 0.667. The summed E-state index contributed by atoms with van der Waals surface area (Å²) in [6.07, 6.45) is 4.98. The molecule has 1 aliphatic carbocycles. The Morgan fingerprint density at radius 2 is 2.00 bits per heavy atom. The van der Waals surface area contributed by atoms with E-state index in [-0.39, 0.29) is 12.1 Å². The van der Waals surface area contributed by atoms with E-state index < -0.39 is 0 Å². The predicted octanol–water partition coefficient (Wildman–Crippen LogP) is 3.73. The van der Waals surface area contributed by atoms with Crippen molar-refractivity contribution in [1.82, 2.24) is 10.2 Å². The van der Waals surface area contributed by atoms with Crippen LogP contribution in [0.5, 0.6) is 0 Å². The molecule has 0 bridgehead atoms. The Hall–Kier alpha value is -1.75. The number of amides is 1. The SMILES string of the molecule is CCCOC(=O)NC1CCCc2ccc(N3CCN(CCC)CC3)cc21. The summed E-state index contributed by atoms with van der Waals surface area (Å²) in [6.45, 7) is 10.4. The monoisotopic (exact) mass is 359 g/mol. The van der Waals surface area contributed by atoms with Crippen molar-refractivity contribution in [3.63, 3.8) is 0 Å². The van der Waals surface area contributed by atoms with Crippen LogP contribution in [0.25, 0.3) is 0 Å². The van der Waals surface area contributed by atoms with Crippen LogP contribution >= 0.6 is 0 Å². The van der Waals surface area contributed by atoms with Crippen molar-refractivity contribution >= 4 is 11.8 Å². The zero-order valence-corrected chi connectivity index (χ0v) is 16.3.